The van der Waals surface area contributed by atoms with Crippen molar-refractivity contribution in [3.05, 3.63) is 75.7 Å². The lowest BCUT2D eigenvalue weighted by Crippen LogP contribution is -2.44. The highest BCUT2D eigenvalue weighted by atomic mass is 32.1. The molecule has 0 aliphatic carbocycles. The number of urea groups is 1. The van der Waals surface area contributed by atoms with E-state index in [0.29, 0.717) is 18.1 Å². The van der Waals surface area contributed by atoms with Crippen molar-refractivity contribution in [3.63, 3.8) is 0 Å². The van der Waals surface area contributed by atoms with E-state index in [-0.39, 0.29) is 17.9 Å². The largest absolute Gasteiger partial charge is 0.334 e. The molecule has 7 nitrogen and oxygen atoms in total. The number of benzene rings is 2. The minimum absolute atomic E-state index is 0.0724. The topological polar surface area (TPSA) is 87.2 Å². The number of carbonyl (C=O) groups excluding carboxylic acids is 2. The number of hydrogen-bond donors (Lipinski definition) is 2. The van der Waals surface area contributed by atoms with Gasteiger partial charge in [-0.05, 0) is 37.5 Å². The summed E-state index contributed by atoms with van der Waals surface area (Å²) in [6.45, 7) is 3.84. The SMILES string of the molecule is Cc1ccc(CNC(=O)N2CCC[C@@H](c3nnc(C(=O)Nc4ccccc4)s3)C2)cc1. The number of aryl methyl sites for hydroxylation is 1. The van der Waals surface area contributed by atoms with E-state index in [1.54, 1.807) is 0 Å². The molecule has 0 radical (unpaired) electrons. The highest BCUT2D eigenvalue weighted by Crippen LogP contribution is 2.29. The molecule has 2 N–H and O–H groups in total. The number of likely N-dealkylation sites (tertiary alicyclic amines) is 1. The smallest absolute Gasteiger partial charge is 0.317 e. The van der Waals surface area contributed by atoms with E-state index >= 15 is 0 Å². The summed E-state index contributed by atoms with van der Waals surface area (Å²) in [6.07, 6.45) is 1.82. The number of anilines is 1. The zero-order chi connectivity index (χ0) is 21.6. The van der Waals surface area contributed by atoms with Gasteiger partial charge in [0.15, 0.2) is 0 Å². The molecular formula is C23H25N5O2S. The maximum Gasteiger partial charge on any atom is 0.317 e. The molecule has 0 spiro atoms. The summed E-state index contributed by atoms with van der Waals surface area (Å²) >= 11 is 1.30. The molecule has 2 heterocycles. The molecule has 1 aliphatic heterocycles. The average molecular weight is 436 g/mol. The molecule has 8 heteroatoms. The molecule has 1 saturated heterocycles. The molecule has 3 aromatic rings. The second-order valence-corrected chi connectivity index (χ2v) is 8.70. The lowest BCUT2D eigenvalue weighted by atomic mass is 9.99. The number of carbonyl (C=O) groups is 2. The third kappa shape index (κ3) is 5.46. The van der Waals surface area contributed by atoms with E-state index in [0.717, 1.165) is 35.6 Å². The Labute approximate surface area is 185 Å². The third-order valence-electron chi connectivity index (χ3n) is 5.29. The fraction of sp³-hybridized carbons (Fsp3) is 0.304. The first-order chi connectivity index (χ1) is 15.1. The van der Waals surface area contributed by atoms with Crippen LogP contribution < -0.4 is 10.6 Å². The summed E-state index contributed by atoms with van der Waals surface area (Å²) < 4.78 is 0. The van der Waals surface area contributed by atoms with Crippen molar-refractivity contribution in [1.29, 1.82) is 0 Å². The van der Waals surface area contributed by atoms with Crippen LogP contribution >= 0.6 is 11.3 Å². The second kappa shape index (κ2) is 9.70. The van der Waals surface area contributed by atoms with Gasteiger partial charge < -0.3 is 15.5 Å². The van der Waals surface area contributed by atoms with Crippen molar-refractivity contribution in [2.24, 2.45) is 0 Å². The summed E-state index contributed by atoms with van der Waals surface area (Å²) in [5.74, 6) is -0.173. The molecular weight excluding hydrogens is 410 g/mol. The predicted octanol–water partition coefficient (Wildman–Crippen LogP) is 4.19. The van der Waals surface area contributed by atoms with Crippen LogP contribution in [0.2, 0.25) is 0 Å². The van der Waals surface area contributed by atoms with Crippen LogP contribution in [0.15, 0.2) is 54.6 Å². The molecule has 0 bridgehead atoms. The number of hydrogen-bond acceptors (Lipinski definition) is 5. The predicted molar refractivity (Wildman–Crippen MR) is 121 cm³/mol. The van der Waals surface area contributed by atoms with Gasteiger partial charge in [-0.3, -0.25) is 4.79 Å². The Morgan fingerprint density at radius 3 is 2.65 bits per heavy atom. The fourth-order valence-corrected chi connectivity index (χ4v) is 4.42. The lowest BCUT2D eigenvalue weighted by molar-refractivity contribution is 0.102. The van der Waals surface area contributed by atoms with Crippen LogP contribution in [0.5, 0.6) is 0 Å². The quantitative estimate of drug-likeness (QED) is 0.629. The summed E-state index contributed by atoms with van der Waals surface area (Å²) in [5.41, 5.74) is 2.99. The third-order valence-corrected chi connectivity index (χ3v) is 6.37. The van der Waals surface area contributed by atoms with E-state index in [2.05, 4.69) is 20.8 Å². The van der Waals surface area contributed by atoms with Crippen molar-refractivity contribution in [2.45, 2.75) is 32.2 Å². The van der Waals surface area contributed by atoms with Crippen molar-refractivity contribution >= 4 is 29.0 Å². The number of nitrogens with one attached hydrogen (secondary N) is 2. The van der Waals surface area contributed by atoms with Gasteiger partial charge >= 0.3 is 6.03 Å². The van der Waals surface area contributed by atoms with Gasteiger partial charge in [0.05, 0.1) is 0 Å². The van der Waals surface area contributed by atoms with Crippen LogP contribution in [0.1, 0.15) is 44.7 Å². The van der Waals surface area contributed by atoms with Crippen LogP contribution in [0.25, 0.3) is 0 Å². The van der Waals surface area contributed by atoms with Gasteiger partial charge in [0.25, 0.3) is 5.91 Å². The van der Waals surface area contributed by atoms with Crippen LogP contribution in [0, 0.1) is 6.92 Å². The van der Waals surface area contributed by atoms with Crippen molar-refractivity contribution in [2.75, 3.05) is 18.4 Å². The highest BCUT2D eigenvalue weighted by Gasteiger charge is 2.28. The molecule has 1 aliphatic rings. The minimum atomic E-state index is -0.265. The number of para-hydroxylation sites is 1. The summed E-state index contributed by atoms with van der Waals surface area (Å²) in [4.78, 5) is 26.9. The Morgan fingerprint density at radius 1 is 1.10 bits per heavy atom. The lowest BCUT2D eigenvalue weighted by Gasteiger charge is -2.31. The van der Waals surface area contributed by atoms with Crippen LogP contribution in [0.3, 0.4) is 0 Å². The van der Waals surface area contributed by atoms with Gasteiger partial charge in [-0.2, -0.15) is 0 Å². The van der Waals surface area contributed by atoms with Crippen molar-refractivity contribution in [1.82, 2.24) is 20.4 Å². The zero-order valence-corrected chi connectivity index (χ0v) is 18.2. The highest BCUT2D eigenvalue weighted by molar-refractivity contribution is 7.13. The molecule has 4 rings (SSSR count). The number of amides is 3. The molecule has 1 fully saturated rings. The molecule has 1 aromatic heterocycles. The van der Waals surface area contributed by atoms with Gasteiger partial charge in [0, 0.05) is 31.2 Å². The molecule has 3 amide bonds. The van der Waals surface area contributed by atoms with E-state index in [4.69, 9.17) is 0 Å². The normalized spacial score (nSPS) is 16.0. The average Bonchev–Trinajstić information content (AvgIpc) is 3.30. The van der Waals surface area contributed by atoms with Gasteiger partial charge in [0.2, 0.25) is 5.01 Å². The first kappa shape index (κ1) is 21.0. The Balaban J connectivity index is 1.33. The van der Waals surface area contributed by atoms with Crippen molar-refractivity contribution in [3.8, 4) is 0 Å². The molecule has 2 aromatic carbocycles. The number of rotatable bonds is 5. The first-order valence-corrected chi connectivity index (χ1v) is 11.2. The maximum atomic E-state index is 12.6. The summed E-state index contributed by atoms with van der Waals surface area (Å²) in [5, 5.41) is 15.3. The van der Waals surface area contributed by atoms with Crippen LogP contribution in [-0.2, 0) is 6.54 Å². The van der Waals surface area contributed by atoms with Crippen molar-refractivity contribution < 1.29 is 9.59 Å². The molecule has 0 saturated carbocycles. The number of nitrogens with zero attached hydrogens (tertiary/aromatic N) is 3. The zero-order valence-electron chi connectivity index (χ0n) is 17.4. The van der Waals surface area contributed by atoms with Crippen LogP contribution in [-0.4, -0.2) is 40.1 Å². The van der Waals surface area contributed by atoms with E-state index < -0.39 is 0 Å². The Kier molecular flexibility index (Phi) is 6.57. The van der Waals surface area contributed by atoms with E-state index in [1.165, 1.54) is 16.9 Å². The van der Waals surface area contributed by atoms with Gasteiger partial charge in [-0.25, -0.2) is 4.79 Å². The van der Waals surface area contributed by atoms with E-state index in [9.17, 15) is 9.59 Å². The Morgan fingerprint density at radius 2 is 1.87 bits per heavy atom. The van der Waals surface area contributed by atoms with Gasteiger partial charge in [-0.1, -0.05) is 59.4 Å². The number of piperidine rings is 1. The monoisotopic (exact) mass is 435 g/mol. The molecule has 31 heavy (non-hydrogen) atoms. The fourth-order valence-electron chi connectivity index (χ4n) is 3.56. The first-order valence-electron chi connectivity index (χ1n) is 10.4. The minimum Gasteiger partial charge on any atom is -0.334 e. The number of aromatic nitrogens is 2. The molecule has 0 unspecified atom stereocenters. The van der Waals surface area contributed by atoms with Crippen LogP contribution in [0.4, 0.5) is 10.5 Å². The maximum absolute atomic E-state index is 12.6. The summed E-state index contributed by atoms with van der Waals surface area (Å²) in [6, 6.07) is 17.3. The Hall–Kier alpha value is -3.26. The molecule has 1 atom stereocenters. The van der Waals surface area contributed by atoms with Gasteiger partial charge in [0.1, 0.15) is 5.01 Å². The Bertz CT molecular complexity index is 1040. The second-order valence-electron chi connectivity index (χ2n) is 7.70. The standard InChI is InChI=1S/C23H25N5O2S/c1-16-9-11-17(12-10-16)14-24-23(30)28-13-5-6-18(15-28)21-26-27-22(31-21)20(29)25-19-7-3-2-4-8-19/h2-4,7-12,18H,5-6,13-15H2,1H3,(H,24,30)(H,25,29)/t18-/m1/s1. The molecule has 160 valence electrons. The van der Waals surface area contributed by atoms with Gasteiger partial charge in [-0.15, -0.1) is 10.2 Å². The van der Waals surface area contributed by atoms with E-state index in [1.807, 2.05) is 66.4 Å². The summed E-state index contributed by atoms with van der Waals surface area (Å²) in [7, 11) is 0.